The van der Waals surface area contributed by atoms with Gasteiger partial charge in [-0.2, -0.15) is 0 Å². The average molecular weight is 200 g/mol. The third-order valence-electron chi connectivity index (χ3n) is 2.04. The predicted molar refractivity (Wildman–Crippen MR) is 55.5 cm³/mol. The smallest absolute Gasteiger partial charge is 0.133 e. The Kier molecular flexibility index (Phi) is 3.12. The van der Waals surface area contributed by atoms with E-state index in [2.05, 4.69) is 4.98 Å². The monoisotopic (exact) mass is 199 g/mol. The highest BCUT2D eigenvalue weighted by atomic mass is 35.5. The van der Waals surface area contributed by atoms with E-state index in [9.17, 15) is 0 Å². The van der Waals surface area contributed by atoms with Crippen LogP contribution in [0.1, 0.15) is 19.7 Å². The van der Waals surface area contributed by atoms with Crippen LogP contribution in [0.15, 0.2) is 11.8 Å². The summed E-state index contributed by atoms with van der Waals surface area (Å²) in [6.45, 7) is 3.92. The van der Waals surface area contributed by atoms with Crippen molar-refractivity contribution in [2.45, 2.75) is 19.9 Å². The van der Waals surface area contributed by atoms with E-state index in [1.165, 1.54) is 0 Å². The van der Waals surface area contributed by atoms with E-state index in [0.29, 0.717) is 5.15 Å². The SMILES string of the molecule is C/C(=C\c1ncc(Cl)n1C)C(C)N. The van der Waals surface area contributed by atoms with E-state index in [0.717, 1.165) is 11.4 Å². The summed E-state index contributed by atoms with van der Waals surface area (Å²) in [6.07, 6.45) is 3.57. The van der Waals surface area contributed by atoms with Crippen molar-refractivity contribution >= 4 is 17.7 Å². The molecule has 72 valence electrons. The highest BCUT2D eigenvalue weighted by Crippen LogP contribution is 2.12. The van der Waals surface area contributed by atoms with Gasteiger partial charge in [-0.15, -0.1) is 0 Å². The maximum Gasteiger partial charge on any atom is 0.133 e. The van der Waals surface area contributed by atoms with Crippen LogP contribution in [-0.4, -0.2) is 15.6 Å². The number of aromatic nitrogens is 2. The largest absolute Gasteiger partial charge is 0.324 e. The fourth-order valence-electron chi connectivity index (χ4n) is 0.871. The molecule has 2 N–H and O–H groups in total. The van der Waals surface area contributed by atoms with Crippen LogP contribution in [0, 0.1) is 0 Å². The first-order valence-electron chi connectivity index (χ1n) is 4.13. The van der Waals surface area contributed by atoms with Crippen LogP contribution in [-0.2, 0) is 7.05 Å². The molecule has 0 aliphatic rings. The summed E-state index contributed by atoms with van der Waals surface area (Å²) >= 11 is 5.83. The summed E-state index contributed by atoms with van der Waals surface area (Å²) in [6, 6.07) is 0.0514. The van der Waals surface area contributed by atoms with E-state index < -0.39 is 0 Å². The van der Waals surface area contributed by atoms with Gasteiger partial charge >= 0.3 is 0 Å². The van der Waals surface area contributed by atoms with Crippen molar-refractivity contribution in [2.75, 3.05) is 0 Å². The highest BCUT2D eigenvalue weighted by Gasteiger charge is 2.03. The van der Waals surface area contributed by atoms with Crippen molar-refractivity contribution in [1.82, 2.24) is 9.55 Å². The van der Waals surface area contributed by atoms with Gasteiger partial charge in [0.05, 0.1) is 6.20 Å². The minimum Gasteiger partial charge on any atom is -0.324 e. The molecule has 3 nitrogen and oxygen atoms in total. The number of imidazole rings is 1. The predicted octanol–water partition coefficient (Wildman–Crippen LogP) is 1.82. The number of hydrogen-bond donors (Lipinski definition) is 1. The molecular weight excluding hydrogens is 186 g/mol. The summed E-state index contributed by atoms with van der Waals surface area (Å²) in [5, 5.41) is 0.628. The van der Waals surface area contributed by atoms with Crippen molar-refractivity contribution < 1.29 is 0 Å². The van der Waals surface area contributed by atoms with Crippen LogP contribution in [0.4, 0.5) is 0 Å². The van der Waals surface area contributed by atoms with E-state index in [4.69, 9.17) is 17.3 Å². The average Bonchev–Trinajstić information content (AvgIpc) is 2.36. The Morgan fingerprint density at radius 1 is 1.77 bits per heavy atom. The highest BCUT2D eigenvalue weighted by molar-refractivity contribution is 6.29. The first-order valence-corrected chi connectivity index (χ1v) is 4.51. The molecule has 0 spiro atoms. The minimum atomic E-state index is 0.0514. The number of hydrogen-bond acceptors (Lipinski definition) is 2. The second-order valence-corrected chi connectivity index (χ2v) is 3.56. The number of rotatable bonds is 2. The lowest BCUT2D eigenvalue weighted by atomic mass is 10.1. The Morgan fingerprint density at radius 3 is 2.77 bits per heavy atom. The van der Waals surface area contributed by atoms with Crippen molar-refractivity contribution in [3.8, 4) is 0 Å². The Labute approximate surface area is 83.2 Å². The summed E-state index contributed by atoms with van der Waals surface area (Å²) < 4.78 is 1.81. The quantitative estimate of drug-likeness (QED) is 0.790. The van der Waals surface area contributed by atoms with E-state index in [1.807, 2.05) is 31.5 Å². The van der Waals surface area contributed by atoms with Crippen LogP contribution in [0.2, 0.25) is 5.15 Å². The molecule has 0 radical (unpaired) electrons. The topological polar surface area (TPSA) is 43.8 Å². The molecule has 0 aliphatic heterocycles. The zero-order valence-corrected chi connectivity index (χ0v) is 8.84. The van der Waals surface area contributed by atoms with Crippen LogP contribution in [0.25, 0.3) is 6.08 Å². The van der Waals surface area contributed by atoms with Gasteiger partial charge < -0.3 is 10.3 Å². The van der Waals surface area contributed by atoms with Crippen molar-refractivity contribution in [3.05, 3.63) is 22.7 Å². The van der Waals surface area contributed by atoms with Crippen LogP contribution >= 0.6 is 11.6 Å². The zero-order chi connectivity index (χ0) is 10.0. The standard InChI is InChI=1S/C9H14ClN3/c1-6(7(2)11)4-9-12-5-8(10)13(9)3/h4-5,7H,11H2,1-3H3/b6-4+. The molecule has 0 bridgehead atoms. The molecule has 0 saturated carbocycles. The Bertz CT molecular complexity index is 326. The molecule has 1 unspecified atom stereocenters. The van der Waals surface area contributed by atoms with Gasteiger partial charge in [0.1, 0.15) is 11.0 Å². The molecule has 1 heterocycles. The van der Waals surface area contributed by atoms with Crippen LogP contribution in [0.3, 0.4) is 0 Å². The molecule has 1 atom stereocenters. The van der Waals surface area contributed by atoms with E-state index >= 15 is 0 Å². The molecule has 1 aromatic rings. The molecule has 1 aromatic heterocycles. The van der Waals surface area contributed by atoms with Crippen molar-refractivity contribution in [1.29, 1.82) is 0 Å². The minimum absolute atomic E-state index is 0.0514. The van der Waals surface area contributed by atoms with Crippen molar-refractivity contribution in [3.63, 3.8) is 0 Å². The van der Waals surface area contributed by atoms with Crippen molar-refractivity contribution in [2.24, 2.45) is 12.8 Å². The maximum absolute atomic E-state index is 5.83. The lowest BCUT2D eigenvalue weighted by molar-refractivity contribution is 0.856. The molecule has 0 fully saturated rings. The number of halogens is 1. The van der Waals surface area contributed by atoms with E-state index in [1.54, 1.807) is 6.20 Å². The summed E-state index contributed by atoms with van der Waals surface area (Å²) in [5.41, 5.74) is 6.79. The van der Waals surface area contributed by atoms with Gasteiger partial charge in [0.2, 0.25) is 0 Å². The number of nitrogens with two attached hydrogens (primary N) is 1. The first kappa shape index (κ1) is 10.3. The lowest BCUT2D eigenvalue weighted by Crippen LogP contribution is -2.16. The molecular formula is C9H14ClN3. The van der Waals surface area contributed by atoms with Gasteiger partial charge in [0.15, 0.2) is 0 Å². The van der Waals surface area contributed by atoms with Gasteiger partial charge in [-0.25, -0.2) is 4.98 Å². The second-order valence-electron chi connectivity index (χ2n) is 3.18. The fraction of sp³-hybridized carbons (Fsp3) is 0.444. The summed E-state index contributed by atoms with van der Waals surface area (Å²) in [4.78, 5) is 4.14. The van der Waals surface area contributed by atoms with Crippen LogP contribution in [0.5, 0.6) is 0 Å². The molecule has 0 aromatic carbocycles. The van der Waals surface area contributed by atoms with Gasteiger partial charge in [-0.05, 0) is 19.9 Å². The first-order chi connectivity index (χ1) is 6.02. The normalized spacial score (nSPS) is 14.7. The van der Waals surface area contributed by atoms with Gasteiger partial charge in [0.25, 0.3) is 0 Å². The Hall–Kier alpha value is -0.800. The third-order valence-corrected chi connectivity index (χ3v) is 2.39. The van der Waals surface area contributed by atoms with Gasteiger partial charge in [-0.1, -0.05) is 17.2 Å². The molecule has 0 saturated heterocycles. The molecule has 0 aliphatic carbocycles. The summed E-state index contributed by atoms with van der Waals surface area (Å²) in [7, 11) is 1.87. The third kappa shape index (κ3) is 2.32. The molecule has 1 rings (SSSR count). The fourth-order valence-corrected chi connectivity index (χ4v) is 1.01. The number of nitrogens with zero attached hydrogens (tertiary/aromatic N) is 2. The van der Waals surface area contributed by atoms with Gasteiger partial charge in [-0.3, -0.25) is 0 Å². The lowest BCUT2D eigenvalue weighted by Gasteiger charge is -2.04. The second kappa shape index (κ2) is 3.94. The molecule has 0 amide bonds. The molecule has 4 heteroatoms. The maximum atomic E-state index is 5.83. The van der Waals surface area contributed by atoms with Crippen LogP contribution < -0.4 is 5.73 Å². The zero-order valence-electron chi connectivity index (χ0n) is 8.08. The van der Waals surface area contributed by atoms with Gasteiger partial charge in [0, 0.05) is 13.1 Å². The summed E-state index contributed by atoms with van der Waals surface area (Å²) in [5.74, 6) is 0.833. The molecule has 13 heavy (non-hydrogen) atoms. The Morgan fingerprint density at radius 2 is 2.38 bits per heavy atom. The Balaban J connectivity index is 2.97. The van der Waals surface area contributed by atoms with E-state index in [-0.39, 0.29) is 6.04 Å².